The Bertz CT molecular complexity index is 294. The first-order valence-corrected chi connectivity index (χ1v) is 6.76. The average Bonchev–Trinajstić information content (AvgIpc) is 2.35. The number of carbonyl (C=O) groups is 2. The number of amides is 2. The fraction of sp³-hybridized carbons (Fsp3) is 0.846. The molecule has 1 heterocycles. The van der Waals surface area contributed by atoms with Crippen LogP contribution in [0.4, 0.5) is 0 Å². The van der Waals surface area contributed by atoms with E-state index in [1.807, 2.05) is 0 Å². The molecule has 5 heteroatoms. The van der Waals surface area contributed by atoms with Crippen molar-refractivity contribution in [2.24, 2.45) is 0 Å². The zero-order valence-corrected chi connectivity index (χ0v) is 11.6. The van der Waals surface area contributed by atoms with Gasteiger partial charge in [0.05, 0.1) is 0 Å². The molecule has 1 fully saturated rings. The van der Waals surface area contributed by atoms with Crippen LogP contribution in [0.5, 0.6) is 0 Å². The van der Waals surface area contributed by atoms with E-state index < -0.39 is 6.04 Å². The lowest BCUT2D eigenvalue weighted by atomic mass is 10.1. The van der Waals surface area contributed by atoms with Crippen molar-refractivity contribution in [2.45, 2.75) is 52.1 Å². The number of hydrogen-bond donors (Lipinski definition) is 1. The van der Waals surface area contributed by atoms with Gasteiger partial charge in [0.25, 0.3) is 0 Å². The van der Waals surface area contributed by atoms with Gasteiger partial charge in [0, 0.05) is 19.8 Å². The summed E-state index contributed by atoms with van der Waals surface area (Å²) in [7, 11) is 0. The Labute approximate surface area is 109 Å². The Morgan fingerprint density at radius 2 is 1.89 bits per heavy atom. The zero-order valence-electron chi connectivity index (χ0n) is 11.6. The third-order valence-corrected chi connectivity index (χ3v) is 3.19. The van der Waals surface area contributed by atoms with Gasteiger partial charge in [-0.1, -0.05) is 13.3 Å². The van der Waals surface area contributed by atoms with E-state index >= 15 is 0 Å². The van der Waals surface area contributed by atoms with Crippen molar-refractivity contribution >= 4 is 11.8 Å². The molecule has 0 aromatic rings. The van der Waals surface area contributed by atoms with Crippen LogP contribution in [0.1, 0.15) is 40.0 Å². The Morgan fingerprint density at radius 1 is 1.22 bits per heavy atom. The van der Waals surface area contributed by atoms with E-state index in [0.29, 0.717) is 13.2 Å². The van der Waals surface area contributed by atoms with Crippen molar-refractivity contribution in [1.29, 1.82) is 0 Å². The summed E-state index contributed by atoms with van der Waals surface area (Å²) in [6.07, 6.45) is 2.97. The number of carbonyl (C=O) groups excluding carboxylic acids is 2. The normalized spacial score (nSPS) is 24.3. The van der Waals surface area contributed by atoms with E-state index in [1.165, 1.54) is 0 Å². The predicted molar refractivity (Wildman–Crippen MR) is 69.1 cm³/mol. The highest BCUT2D eigenvalue weighted by atomic mass is 16.5. The molecule has 104 valence electrons. The molecule has 0 saturated carbocycles. The second-order valence-corrected chi connectivity index (χ2v) is 4.76. The van der Waals surface area contributed by atoms with Crippen LogP contribution in [0.25, 0.3) is 0 Å². The second-order valence-electron chi connectivity index (χ2n) is 4.76. The summed E-state index contributed by atoms with van der Waals surface area (Å²) in [5.74, 6) is -0.0790. The van der Waals surface area contributed by atoms with Crippen LogP contribution >= 0.6 is 0 Å². The van der Waals surface area contributed by atoms with Crippen molar-refractivity contribution in [3.63, 3.8) is 0 Å². The Hall–Kier alpha value is -1.10. The van der Waals surface area contributed by atoms with Crippen LogP contribution in [-0.2, 0) is 14.3 Å². The second kappa shape index (κ2) is 7.36. The van der Waals surface area contributed by atoms with Gasteiger partial charge >= 0.3 is 0 Å². The van der Waals surface area contributed by atoms with E-state index in [9.17, 15) is 9.59 Å². The van der Waals surface area contributed by atoms with Gasteiger partial charge in [0.2, 0.25) is 11.8 Å². The maximum Gasteiger partial charge on any atom is 0.245 e. The minimum Gasteiger partial charge on any atom is -0.381 e. The van der Waals surface area contributed by atoms with Gasteiger partial charge in [0.15, 0.2) is 0 Å². The number of nitrogens with zero attached hydrogens (tertiary/aromatic N) is 1. The van der Waals surface area contributed by atoms with Gasteiger partial charge in [-0.15, -0.1) is 0 Å². The van der Waals surface area contributed by atoms with Gasteiger partial charge in [-0.25, -0.2) is 0 Å². The quantitative estimate of drug-likeness (QED) is 0.689. The smallest absolute Gasteiger partial charge is 0.245 e. The molecule has 18 heavy (non-hydrogen) atoms. The fourth-order valence-electron chi connectivity index (χ4n) is 1.97. The molecule has 1 aliphatic heterocycles. The summed E-state index contributed by atoms with van der Waals surface area (Å²) in [5.41, 5.74) is 0. The third-order valence-electron chi connectivity index (χ3n) is 3.19. The number of piperazine rings is 1. The van der Waals surface area contributed by atoms with E-state index in [4.69, 9.17) is 4.74 Å². The summed E-state index contributed by atoms with van der Waals surface area (Å²) in [5, 5.41) is 2.67. The third kappa shape index (κ3) is 3.98. The Kier molecular flexibility index (Phi) is 6.12. The average molecular weight is 256 g/mol. The predicted octanol–water partition coefficient (Wildman–Crippen LogP) is 0.929. The standard InChI is InChI=1S/C13H24N2O3/c1-4-5-8-18-9-6-7-15-11(3)12(16)14-10(2)13(15)17/h10-11H,4-9H2,1-3H3,(H,14,16). The SMILES string of the molecule is CCCCOCCCN1C(=O)C(C)NC(=O)C1C. The number of unbranched alkanes of at least 4 members (excludes halogenated alkanes) is 1. The van der Waals surface area contributed by atoms with Crippen LogP contribution in [0.3, 0.4) is 0 Å². The Balaban J connectivity index is 2.30. The van der Waals surface area contributed by atoms with Gasteiger partial charge in [0.1, 0.15) is 12.1 Å². The molecule has 0 aliphatic carbocycles. The minimum atomic E-state index is -0.408. The molecule has 0 spiro atoms. The molecule has 1 saturated heterocycles. The molecular formula is C13H24N2O3. The molecule has 1 rings (SSSR count). The highest BCUT2D eigenvalue weighted by Gasteiger charge is 2.35. The number of hydrogen-bond acceptors (Lipinski definition) is 3. The molecule has 0 bridgehead atoms. The number of nitrogens with one attached hydrogen (secondary N) is 1. The van der Waals surface area contributed by atoms with Gasteiger partial charge < -0.3 is 15.0 Å². The molecule has 2 atom stereocenters. The van der Waals surface area contributed by atoms with E-state index in [-0.39, 0.29) is 17.9 Å². The maximum absolute atomic E-state index is 11.9. The van der Waals surface area contributed by atoms with Crippen LogP contribution in [0, 0.1) is 0 Å². The number of ether oxygens (including phenoxy) is 1. The minimum absolute atomic E-state index is 0.00402. The van der Waals surface area contributed by atoms with E-state index in [2.05, 4.69) is 12.2 Å². The van der Waals surface area contributed by atoms with E-state index in [0.717, 1.165) is 25.9 Å². The van der Waals surface area contributed by atoms with Crippen molar-refractivity contribution in [1.82, 2.24) is 10.2 Å². The van der Waals surface area contributed by atoms with Crippen LogP contribution in [0.15, 0.2) is 0 Å². The monoisotopic (exact) mass is 256 g/mol. The van der Waals surface area contributed by atoms with Gasteiger partial charge in [-0.3, -0.25) is 9.59 Å². The first-order valence-electron chi connectivity index (χ1n) is 6.76. The molecule has 0 radical (unpaired) electrons. The van der Waals surface area contributed by atoms with Crippen LogP contribution in [0.2, 0.25) is 0 Å². The highest BCUT2D eigenvalue weighted by molar-refractivity contribution is 5.96. The summed E-state index contributed by atoms with van der Waals surface area (Å²) in [6.45, 7) is 7.61. The maximum atomic E-state index is 11.9. The van der Waals surface area contributed by atoms with Crippen molar-refractivity contribution in [3.05, 3.63) is 0 Å². The molecule has 0 aromatic carbocycles. The summed E-state index contributed by atoms with van der Waals surface area (Å²) in [6, 6.07) is -0.779. The molecule has 0 aromatic heterocycles. The van der Waals surface area contributed by atoms with Crippen molar-refractivity contribution in [2.75, 3.05) is 19.8 Å². The zero-order chi connectivity index (χ0) is 13.5. The first-order chi connectivity index (χ1) is 8.57. The van der Waals surface area contributed by atoms with Gasteiger partial charge in [-0.05, 0) is 26.7 Å². The lowest BCUT2D eigenvalue weighted by Gasteiger charge is -2.36. The van der Waals surface area contributed by atoms with Crippen molar-refractivity contribution < 1.29 is 14.3 Å². The summed E-state index contributed by atoms with van der Waals surface area (Å²) < 4.78 is 5.45. The van der Waals surface area contributed by atoms with Crippen LogP contribution < -0.4 is 5.32 Å². The summed E-state index contributed by atoms with van der Waals surface area (Å²) >= 11 is 0. The highest BCUT2D eigenvalue weighted by Crippen LogP contribution is 2.10. The van der Waals surface area contributed by atoms with Gasteiger partial charge in [-0.2, -0.15) is 0 Å². The molecule has 2 amide bonds. The lowest BCUT2D eigenvalue weighted by molar-refractivity contribution is -0.148. The topological polar surface area (TPSA) is 58.6 Å². The fourth-order valence-corrected chi connectivity index (χ4v) is 1.97. The Morgan fingerprint density at radius 3 is 2.56 bits per heavy atom. The molecule has 2 unspecified atom stereocenters. The molecule has 1 aliphatic rings. The van der Waals surface area contributed by atoms with E-state index in [1.54, 1.807) is 18.7 Å². The molecule has 5 nitrogen and oxygen atoms in total. The molecule has 1 N–H and O–H groups in total. The largest absolute Gasteiger partial charge is 0.381 e. The van der Waals surface area contributed by atoms with Crippen LogP contribution in [-0.4, -0.2) is 48.6 Å². The number of rotatable bonds is 7. The van der Waals surface area contributed by atoms with Crippen molar-refractivity contribution in [3.8, 4) is 0 Å². The first kappa shape index (κ1) is 15.0. The summed E-state index contributed by atoms with van der Waals surface area (Å²) in [4.78, 5) is 25.2. The lowest BCUT2D eigenvalue weighted by Crippen LogP contribution is -2.61. The molecular weight excluding hydrogens is 232 g/mol.